The largest absolute Gasteiger partial charge is 0.458 e. The van der Waals surface area contributed by atoms with Crippen LogP contribution in [0.3, 0.4) is 0 Å². The van der Waals surface area contributed by atoms with E-state index in [1.165, 1.54) is 67.6 Å². The van der Waals surface area contributed by atoms with Crippen molar-refractivity contribution in [2.45, 2.75) is 31.3 Å². The zero-order valence-electron chi connectivity index (χ0n) is 29.8. The van der Waals surface area contributed by atoms with Crippen LogP contribution in [0.2, 0.25) is 0 Å². The van der Waals surface area contributed by atoms with Crippen LogP contribution in [-0.2, 0) is 23.7 Å². The van der Waals surface area contributed by atoms with Crippen LogP contribution >= 0.6 is 0 Å². The predicted octanol–water partition coefficient (Wildman–Crippen LogP) is 6.81. The SMILES string of the molecule is Cc1nc([C@@H](OC(=O)c2ccccc2)[C@@H](OC(=O)c2ccccc2)[C@H](OC(=O)c2ccccc2)[C@@H](COC(=O)c2ccccc2)OC(=O)c2ccccc2)no1. The Kier molecular flexibility index (Phi) is 12.7. The summed E-state index contributed by atoms with van der Waals surface area (Å²) < 4.78 is 35.1. The first-order valence-electron chi connectivity index (χ1n) is 17.3. The molecule has 56 heavy (non-hydrogen) atoms. The van der Waals surface area contributed by atoms with Crippen LogP contribution in [0.4, 0.5) is 0 Å². The number of aromatic nitrogens is 2. The molecule has 6 rings (SSSR count). The second-order valence-corrected chi connectivity index (χ2v) is 12.1. The van der Waals surface area contributed by atoms with E-state index >= 15 is 0 Å². The van der Waals surface area contributed by atoms with Crippen LogP contribution in [0.5, 0.6) is 0 Å². The Labute approximate surface area is 320 Å². The average Bonchev–Trinajstić information content (AvgIpc) is 3.69. The number of esters is 5. The molecule has 0 bridgehead atoms. The number of benzene rings is 5. The Balaban J connectivity index is 1.50. The summed E-state index contributed by atoms with van der Waals surface area (Å²) in [5.74, 6) is -4.76. The van der Waals surface area contributed by atoms with Crippen molar-refractivity contribution in [2.75, 3.05) is 6.61 Å². The molecule has 1 aromatic heterocycles. The van der Waals surface area contributed by atoms with Crippen molar-refractivity contribution in [3.05, 3.63) is 191 Å². The maximum absolute atomic E-state index is 14.0. The minimum Gasteiger partial charge on any atom is -0.458 e. The Morgan fingerprint density at radius 2 is 0.839 bits per heavy atom. The molecule has 282 valence electrons. The molecular weight excluding hydrogens is 720 g/mol. The maximum atomic E-state index is 14.0. The van der Waals surface area contributed by atoms with E-state index in [0.29, 0.717) is 0 Å². The second kappa shape index (κ2) is 18.6. The summed E-state index contributed by atoms with van der Waals surface area (Å²) in [5, 5.41) is 3.98. The quantitative estimate of drug-likeness (QED) is 0.0792. The maximum Gasteiger partial charge on any atom is 0.338 e. The standard InChI is InChI=1S/C43H34N2O11/c1-28-44-38(45-56-28)37(55-43(50)33-25-15-6-16-26-33)36(54-42(49)32-23-13-5-14-24-32)35(53-41(48)31-21-11-4-12-22-31)34(52-40(47)30-19-9-3-10-20-30)27-51-39(46)29-17-7-2-8-18-29/h2-26,34-37H,27H2,1H3/t34-,35-,36+,37+/m1/s1. The number of hydrogen-bond donors (Lipinski definition) is 0. The highest BCUT2D eigenvalue weighted by Gasteiger charge is 2.48. The summed E-state index contributed by atoms with van der Waals surface area (Å²) in [6, 6.07) is 39.4. The van der Waals surface area contributed by atoms with E-state index in [2.05, 4.69) is 10.1 Å². The van der Waals surface area contributed by atoms with Crippen LogP contribution in [0.15, 0.2) is 156 Å². The Morgan fingerprint density at radius 3 is 1.23 bits per heavy atom. The van der Waals surface area contributed by atoms with E-state index in [1.807, 2.05) is 0 Å². The van der Waals surface area contributed by atoms with Gasteiger partial charge in [0.2, 0.25) is 17.8 Å². The molecule has 0 amide bonds. The molecule has 0 aliphatic heterocycles. The van der Waals surface area contributed by atoms with Gasteiger partial charge in [-0.25, -0.2) is 24.0 Å². The van der Waals surface area contributed by atoms with Crippen molar-refractivity contribution in [2.24, 2.45) is 0 Å². The van der Waals surface area contributed by atoms with Gasteiger partial charge in [0.25, 0.3) is 0 Å². The van der Waals surface area contributed by atoms with E-state index < -0.39 is 60.9 Å². The third kappa shape index (κ3) is 9.96. The lowest BCUT2D eigenvalue weighted by Gasteiger charge is -2.35. The van der Waals surface area contributed by atoms with Crippen LogP contribution in [0.25, 0.3) is 0 Å². The van der Waals surface area contributed by atoms with E-state index in [4.69, 9.17) is 28.2 Å². The second-order valence-electron chi connectivity index (χ2n) is 12.1. The zero-order valence-corrected chi connectivity index (χ0v) is 29.8. The highest BCUT2D eigenvalue weighted by Crippen LogP contribution is 2.31. The van der Waals surface area contributed by atoms with Gasteiger partial charge in [-0.15, -0.1) is 0 Å². The van der Waals surface area contributed by atoms with Crippen molar-refractivity contribution in [1.82, 2.24) is 10.1 Å². The first-order valence-corrected chi connectivity index (χ1v) is 17.3. The first-order chi connectivity index (χ1) is 27.3. The smallest absolute Gasteiger partial charge is 0.338 e. The van der Waals surface area contributed by atoms with E-state index in [1.54, 1.807) is 91.0 Å². The van der Waals surface area contributed by atoms with Crippen molar-refractivity contribution in [3.63, 3.8) is 0 Å². The molecule has 0 aliphatic rings. The Hall–Kier alpha value is -7.41. The van der Waals surface area contributed by atoms with E-state index in [0.717, 1.165) is 0 Å². The fraction of sp³-hybridized carbons (Fsp3) is 0.140. The molecule has 4 atom stereocenters. The lowest BCUT2D eigenvalue weighted by Crippen LogP contribution is -2.51. The molecule has 0 fully saturated rings. The van der Waals surface area contributed by atoms with Gasteiger partial charge in [0.15, 0.2) is 18.3 Å². The summed E-state index contributed by atoms with van der Waals surface area (Å²) in [4.78, 5) is 73.1. The van der Waals surface area contributed by atoms with E-state index in [-0.39, 0.29) is 39.5 Å². The van der Waals surface area contributed by atoms with Gasteiger partial charge in [-0.3, -0.25) is 0 Å². The monoisotopic (exact) mass is 754 g/mol. The van der Waals surface area contributed by atoms with Gasteiger partial charge in [-0.1, -0.05) is 96.2 Å². The fourth-order valence-electron chi connectivity index (χ4n) is 5.43. The molecule has 0 N–H and O–H groups in total. The van der Waals surface area contributed by atoms with Crippen LogP contribution in [-0.4, -0.2) is 64.9 Å². The fourth-order valence-corrected chi connectivity index (χ4v) is 5.43. The normalized spacial score (nSPS) is 12.9. The number of rotatable bonds is 15. The number of hydrogen-bond acceptors (Lipinski definition) is 13. The zero-order chi connectivity index (χ0) is 39.3. The van der Waals surface area contributed by atoms with Crippen molar-refractivity contribution in [1.29, 1.82) is 0 Å². The molecule has 13 heteroatoms. The summed E-state index contributed by atoms with van der Waals surface area (Å²) in [6.07, 6.45) is -7.25. The summed E-state index contributed by atoms with van der Waals surface area (Å²) in [7, 11) is 0. The molecule has 0 spiro atoms. The third-order valence-corrected chi connectivity index (χ3v) is 8.19. The van der Waals surface area contributed by atoms with Gasteiger partial charge >= 0.3 is 29.8 Å². The van der Waals surface area contributed by atoms with Gasteiger partial charge in [0, 0.05) is 6.92 Å². The molecule has 0 unspecified atom stereocenters. The van der Waals surface area contributed by atoms with Gasteiger partial charge in [0.05, 0.1) is 27.8 Å². The topological polar surface area (TPSA) is 170 Å². The van der Waals surface area contributed by atoms with Crippen LogP contribution in [0.1, 0.15) is 69.6 Å². The van der Waals surface area contributed by atoms with Crippen LogP contribution < -0.4 is 0 Å². The summed E-state index contributed by atoms with van der Waals surface area (Å²) >= 11 is 0. The minimum atomic E-state index is -1.89. The van der Waals surface area contributed by atoms with Gasteiger partial charge in [-0.2, -0.15) is 4.98 Å². The minimum absolute atomic E-state index is 0.0515. The Bertz CT molecular complexity index is 2230. The summed E-state index contributed by atoms with van der Waals surface area (Å²) in [6.45, 7) is 0.751. The van der Waals surface area contributed by atoms with E-state index in [9.17, 15) is 24.0 Å². The molecule has 5 aromatic carbocycles. The number of carbonyl (C=O) groups is 5. The number of aryl methyl sites for hydroxylation is 1. The van der Waals surface area contributed by atoms with Crippen molar-refractivity contribution >= 4 is 29.8 Å². The molecule has 0 aliphatic carbocycles. The third-order valence-electron chi connectivity index (χ3n) is 8.19. The molecule has 1 heterocycles. The van der Waals surface area contributed by atoms with Crippen LogP contribution in [0, 0.1) is 6.92 Å². The molecule has 6 aromatic rings. The number of ether oxygens (including phenoxy) is 5. The van der Waals surface area contributed by atoms with Gasteiger partial charge in [0.1, 0.15) is 6.61 Å². The van der Waals surface area contributed by atoms with Gasteiger partial charge < -0.3 is 28.2 Å². The molecule has 13 nitrogen and oxygen atoms in total. The van der Waals surface area contributed by atoms with Crippen molar-refractivity contribution in [3.8, 4) is 0 Å². The highest BCUT2D eigenvalue weighted by molar-refractivity contribution is 5.92. The average molecular weight is 755 g/mol. The molecule has 0 radical (unpaired) electrons. The molecular formula is C43H34N2O11. The highest BCUT2D eigenvalue weighted by atomic mass is 16.6. The predicted molar refractivity (Wildman–Crippen MR) is 197 cm³/mol. The number of nitrogens with zero attached hydrogens (tertiary/aromatic N) is 2. The van der Waals surface area contributed by atoms with Crippen molar-refractivity contribution < 1.29 is 52.2 Å². The van der Waals surface area contributed by atoms with Gasteiger partial charge in [-0.05, 0) is 60.7 Å². The molecule has 0 saturated carbocycles. The first kappa shape index (κ1) is 38.3. The lowest BCUT2D eigenvalue weighted by atomic mass is 10.0. The number of carbonyl (C=O) groups excluding carboxylic acids is 5. The lowest BCUT2D eigenvalue weighted by molar-refractivity contribution is -0.134. The Morgan fingerprint density at radius 1 is 0.482 bits per heavy atom. The summed E-state index contributed by atoms with van der Waals surface area (Å²) in [5.41, 5.74) is 0.498. The molecule has 0 saturated heterocycles.